The van der Waals surface area contributed by atoms with Crippen LogP contribution in [0.25, 0.3) is 0 Å². The summed E-state index contributed by atoms with van der Waals surface area (Å²) in [5, 5.41) is 0.714. The fourth-order valence-electron chi connectivity index (χ4n) is 3.14. The smallest absolute Gasteiger partial charge is 0.258 e. The van der Waals surface area contributed by atoms with E-state index < -0.39 is 0 Å². The second kappa shape index (κ2) is 9.29. The first-order valence-corrected chi connectivity index (χ1v) is 9.42. The molecule has 0 aliphatic rings. The van der Waals surface area contributed by atoms with E-state index in [1.54, 1.807) is 30.2 Å². The van der Waals surface area contributed by atoms with Gasteiger partial charge in [0.15, 0.2) is 0 Å². The number of benzene rings is 2. The summed E-state index contributed by atoms with van der Waals surface area (Å²) in [6.45, 7) is 5.40. The molecule has 0 unspecified atom stereocenters. The molecule has 0 radical (unpaired) electrons. The zero-order valence-electron chi connectivity index (χ0n) is 15.8. The number of para-hydroxylation sites is 1. The van der Waals surface area contributed by atoms with E-state index in [0.717, 1.165) is 11.3 Å². The Kier molecular flexibility index (Phi) is 6.56. The van der Waals surface area contributed by atoms with Crippen LogP contribution in [0.1, 0.15) is 21.6 Å². The topological polar surface area (TPSA) is 34.5 Å². The van der Waals surface area contributed by atoms with E-state index >= 15 is 0 Å². The van der Waals surface area contributed by atoms with E-state index in [-0.39, 0.29) is 5.91 Å². The number of carbonyl (C=O) groups is 1. The Bertz CT molecular complexity index is 964. The molecule has 0 saturated carbocycles. The second-order valence-corrected chi connectivity index (χ2v) is 6.87. The van der Waals surface area contributed by atoms with Crippen molar-refractivity contribution in [2.24, 2.45) is 0 Å². The van der Waals surface area contributed by atoms with Crippen LogP contribution in [0.4, 0.5) is 0 Å². The minimum atomic E-state index is -0.0899. The number of hydrogen-bond donors (Lipinski definition) is 0. The van der Waals surface area contributed by atoms with Crippen LogP contribution in [-0.4, -0.2) is 29.0 Å². The maximum Gasteiger partial charge on any atom is 0.258 e. The molecule has 0 N–H and O–H groups in total. The molecule has 0 spiro atoms. The predicted molar refractivity (Wildman–Crippen MR) is 113 cm³/mol. The van der Waals surface area contributed by atoms with Gasteiger partial charge in [-0.15, -0.1) is 6.58 Å². The maximum absolute atomic E-state index is 13.1. The first-order valence-electron chi connectivity index (χ1n) is 9.04. The van der Waals surface area contributed by atoms with Crippen molar-refractivity contribution >= 4 is 17.5 Å². The lowest BCUT2D eigenvalue weighted by atomic mass is 10.1. The molecule has 0 aliphatic heterocycles. The number of amides is 1. The second-order valence-electron chi connectivity index (χ2n) is 6.43. The summed E-state index contributed by atoms with van der Waals surface area (Å²) in [6.07, 6.45) is 3.74. The summed E-state index contributed by atoms with van der Waals surface area (Å²) >= 11 is 6.10. The molecule has 1 amide bonds. The maximum atomic E-state index is 13.1. The van der Waals surface area contributed by atoms with Crippen molar-refractivity contribution in [1.29, 1.82) is 0 Å². The van der Waals surface area contributed by atoms with E-state index in [1.165, 1.54) is 0 Å². The number of hydrogen-bond acceptors (Lipinski definition) is 2. The van der Waals surface area contributed by atoms with E-state index in [2.05, 4.69) is 11.1 Å². The highest BCUT2D eigenvalue weighted by Gasteiger charge is 2.19. The molecule has 1 aromatic heterocycles. The molecule has 4 nitrogen and oxygen atoms in total. The zero-order valence-corrected chi connectivity index (χ0v) is 16.6. The molecule has 3 rings (SSSR count). The lowest BCUT2D eigenvalue weighted by Crippen LogP contribution is -2.32. The average Bonchev–Trinajstić information content (AvgIpc) is 3.13. The summed E-state index contributed by atoms with van der Waals surface area (Å²) < 4.78 is 7.48. The number of methoxy groups -OCH3 is 1. The van der Waals surface area contributed by atoms with Gasteiger partial charge in [0.1, 0.15) is 5.75 Å². The van der Waals surface area contributed by atoms with E-state index in [4.69, 9.17) is 16.3 Å². The number of rotatable bonds is 8. The number of aromatic nitrogens is 1. The van der Waals surface area contributed by atoms with Gasteiger partial charge in [-0.05, 0) is 42.0 Å². The summed E-state index contributed by atoms with van der Waals surface area (Å²) in [4.78, 5) is 14.9. The van der Waals surface area contributed by atoms with Gasteiger partial charge in [0.25, 0.3) is 5.91 Å². The lowest BCUT2D eigenvalue weighted by Gasteiger charge is -2.23. The number of carbonyl (C=O) groups excluding carboxylic acids is 1. The normalized spacial score (nSPS) is 10.5. The van der Waals surface area contributed by atoms with Gasteiger partial charge in [0.2, 0.25) is 0 Å². The van der Waals surface area contributed by atoms with Crippen molar-refractivity contribution in [2.45, 2.75) is 13.1 Å². The van der Waals surface area contributed by atoms with Gasteiger partial charge in [-0.1, -0.05) is 41.9 Å². The zero-order chi connectivity index (χ0) is 19.9. The standard InChI is InChI=1S/C23H23ClN2O2/c1-3-13-26(23(27)21-11-4-5-12-22(21)28-2)17-20-10-7-14-25(20)16-18-8-6-9-19(24)15-18/h3-12,14-15H,1,13,16-17H2,2H3. The summed E-state index contributed by atoms with van der Waals surface area (Å²) in [6, 6.07) is 19.1. The quantitative estimate of drug-likeness (QED) is 0.502. The molecule has 5 heteroatoms. The molecule has 0 aliphatic carbocycles. The SMILES string of the molecule is C=CCN(Cc1cccn1Cc1cccc(Cl)c1)C(=O)c1ccccc1OC. The fraction of sp³-hybridized carbons (Fsp3) is 0.174. The van der Waals surface area contributed by atoms with Crippen molar-refractivity contribution in [1.82, 2.24) is 9.47 Å². The Hall–Kier alpha value is -2.98. The van der Waals surface area contributed by atoms with Crippen molar-refractivity contribution in [2.75, 3.05) is 13.7 Å². The van der Waals surface area contributed by atoms with Gasteiger partial charge in [0, 0.05) is 30.0 Å². The molecule has 0 fully saturated rings. The molecule has 2 aromatic carbocycles. The largest absolute Gasteiger partial charge is 0.496 e. The van der Waals surface area contributed by atoms with Crippen LogP contribution in [0.5, 0.6) is 5.75 Å². The third-order valence-electron chi connectivity index (χ3n) is 4.49. The van der Waals surface area contributed by atoms with Crippen molar-refractivity contribution in [3.63, 3.8) is 0 Å². The van der Waals surface area contributed by atoms with Gasteiger partial charge in [-0.25, -0.2) is 0 Å². The van der Waals surface area contributed by atoms with Crippen molar-refractivity contribution in [3.8, 4) is 5.75 Å². The third kappa shape index (κ3) is 4.65. The van der Waals surface area contributed by atoms with Crippen LogP contribution >= 0.6 is 11.6 Å². The first-order chi connectivity index (χ1) is 13.6. The summed E-state index contributed by atoms with van der Waals surface area (Å²) in [5.74, 6) is 0.476. The minimum absolute atomic E-state index is 0.0899. The molecular weight excluding hydrogens is 372 g/mol. The highest BCUT2D eigenvalue weighted by molar-refractivity contribution is 6.30. The van der Waals surface area contributed by atoms with Gasteiger partial charge in [-0.3, -0.25) is 4.79 Å². The van der Waals surface area contributed by atoms with Gasteiger partial charge < -0.3 is 14.2 Å². The van der Waals surface area contributed by atoms with Crippen LogP contribution in [0.3, 0.4) is 0 Å². The van der Waals surface area contributed by atoms with Crippen LogP contribution in [-0.2, 0) is 13.1 Å². The van der Waals surface area contributed by atoms with E-state index in [9.17, 15) is 4.79 Å². The Morgan fingerprint density at radius 2 is 2.00 bits per heavy atom. The van der Waals surface area contributed by atoms with Crippen molar-refractivity contribution < 1.29 is 9.53 Å². The number of nitrogens with zero attached hydrogens (tertiary/aromatic N) is 2. The van der Waals surface area contributed by atoms with Gasteiger partial charge in [0.05, 0.1) is 19.2 Å². The Morgan fingerprint density at radius 3 is 2.75 bits per heavy atom. The predicted octanol–water partition coefficient (Wildman–Crippen LogP) is 5.03. The van der Waals surface area contributed by atoms with Crippen LogP contribution in [0.15, 0.2) is 79.5 Å². The minimum Gasteiger partial charge on any atom is -0.496 e. The van der Waals surface area contributed by atoms with Crippen LogP contribution in [0.2, 0.25) is 5.02 Å². The molecule has 1 heterocycles. The molecule has 3 aromatic rings. The Morgan fingerprint density at radius 1 is 1.18 bits per heavy atom. The highest BCUT2D eigenvalue weighted by atomic mass is 35.5. The molecule has 0 bridgehead atoms. The van der Waals surface area contributed by atoms with Gasteiger partial charge >= 0.3 is 0 Å². The van der Waals surface area contributed by atoms with Crippen LogP contribution in [0, 0.1) is 0 Å². The average molecular weight is 395 g/mol. The number of ether oxygens (including phenoxy) is 1. The molecule has 0 saturated heterocycles. The van der Waals surface area contributed by atoms with E-state index in [0.29, 0.717) is 36.0 Å². The monoisotopic (exact) mass is 394 g/mol. The van der Waals surface area contributed by atoms with E-state index in [1.807, 2.05) is 54.7 Å². The van der Waals surface area contributed by atoms with Crippen molar-refractivity contribution in [3.05, 3.63) is 101 Å². The fourth-order valence-corrected chi connectivity index (χ4v) is 3.35. The Labute approximate surface area is 170 Å². The lowest BCUT2D eigenvalue weighted by molar-refractivity contribution is 0.0756. The third-order valence-corrected chi connectivity index (χ3v) is 4.73. The molecule has 28 heavy (non-hydrogen) atoms. The first kappa shape index (κ1) is 19.8. The highest BCUT2D eigenvalue weighted by Crippen LogP contribution is 2.21. The molecular formula is C23H23ClN2O2. The molecule has 144 valence electrons. The number of halogens is 1. The Balaban J connectivity index is 1.83. The summed E-state index contributed by atoms with van der Waals surface area (Å²) in [7, 11) is 1.57. The van der Waals surface area contributed by atoms with Crippen LogP contribution < -0.4 is 4.74 Å². The van der Waals surface area contributed by atoms with Gasteiger partial charge in [-0.2, -0.15) is 0 Å². The molecule has 0 atom stereocenters. The summed E-state index contributed by atoms with van der Waals surface area (Å²) in [5.41, 5.74) is 2.68.